The van der Waals surface area contributed by atoms with Crippen molar-refractivity contribution >= 4 is 0 Å². The van der Waals surface area contributed by atoms with Crippen LogP contribution in [-0.4, -0.2) is 42.0 Å². The van der Waals surface area contributed by atoms with Gasteiger partial charge in [0.15, 0.2) is 0 Å². The Morgan fingerprint density at radius 1 is 1.33 bits per heavy atom. The molecule has 0 radical (unpaired) electrons. The fraction of sp³-hybridized carbons (Fsp3) is 0.625. The van der Waals surface area contributed by atoms with E-state index in [1.165, 1.54) is 13.0 Å². The smallest absolute Gasteiger partial charge is 0.0273 e. The molecule has 0 saturated heterocycles. The molecule has 2 aliphatic rings. The third-order valence-corrected chi connectivity index (χ3v) is 4.00. The van der Waals surface area contributed by atoms with Crippen molar-refractivity contribution in [3.05, 3.63) is 36.1 Å². The Morgan fingerprint density at radius 3 is 2.89 bits per heavy atom. The lowest BCUT2D eigenvalue weighted by Crippen LogP contribution is -2.38. The van der Waals surface area contributed by atoms with E-state index in [1.807, 2.05) is 0 Å². The van der Waals surface area contributed by atoms with Gasteiger partial charge in [-0.25, -0.2) is 0 Å². The lowest BCUT2D eigenvalue weighted by Gasteiger charge is -2.34. The highest BCUT2D eigenvalue weighted by atomic mass is 15.2. The van der Waals surface area contributed by atoms with Crippen molar-refractivity contribution in [2.75, 3.05) is 26.2 Å². The summed E-state index contributed by atoms with van der Waals surface area (Å²) in [6.07, 6.45) is 12.6. The van der Waals surface area contributed by atoms with Crippen LogP contribution in [0.15, 0.2) is 36.1 Å². The standard InChI is InChI=1S/C16H26N2/c1-4-17-10-6-5-8-15(12-17)16-9-7-11-18(13-16)14(2)3/h5-6,8-10,14-15H,4,7,11-13H2,1-3H3. The van der Waals surface area contributed by atoms with Gasteiger partial charge in [0.05, 0.1) is 0 Å². The molecule has 0 aliphatic carbocycles. The molecule has 0 aromatic heterocycles. The molecular weight excluding hydrogens is 220 g/mol. The molecule has 0 amide bonds. The molecule has 0 aromatic rings. The van der Waals surface area contributed by atoms with Gasteiger partial charge in [-0.15, -0.1) is 0 Å². The van der Waals surface area contributed by atoms with Crippen LogP contribution in [0.4, 0.5) is 0 Å². The van der Waals surface area contributed by atoms with Gasteiger partial charge in [0.1, 0.15) is 0 Å². The van der Waals surface area contributed by atoms with Gasteiger partial charge in [-0.3, -0.25) is 4.90 Å². The van der Waals surface area contributed by atoms with Crippen LogP contribution in [0, 0.1) is 5.92 Å². The van der Waals surface area contributed by atoms with Gasteiger partial charge >= 0.3 is 0 Å². The van der Waals surface area contributed by atoms with Crippen LogP contribution >= 0.6 is 0 Å². The first-order chi connectivity index (χ1) is 8.70. The number of allylic oxidation sites excluding steroid dienone is 2. The van der Waals surface area contributed by atoms with Crippen LogP contribution in [0.5, 0.6) is 0 Å². The highest BCUT2D eigenvalue weighted by Gasteiger charge is 2.21. The Morgan fingerprint density at radius 2 is 2.17 bits per heavy atom. The number of hydrogen-bond acceptors (Lipinski definition) is 2. The first kappa shape index (κ1) is 13.4. The third kappa shape index (κ3) is 3.26. The molecule has 2 aliphatic heterocycles. The predicted molar refractivity (Wildman–Crippen MR) is 78.4 cm³/mol. The predicted octanol–water partition coefficient (Wildman–Crippen LogP) is 3.05. The zero-order valence-electron chi connectivity index (χ0n) is 12.0. The minimum Gasteiger partial charge on any atom is -0.377 e. The highest BCUT2D eigenvalue weighted by Crippen LogP contribution is 2.23. The first-order valence-corrected chi connectivity index (χ1v) is 7.22. The summed E-state index contributed by atoms with van der Waals surface area (Å²) in [5.41, 5.74) is 1.60. The molecule has 100 valence electrons. The molecule has 0 fully saturated rings. The summed E-state index contributed by atoms with van der Waals surface area (Å²) in [6.45, 7) is 11.4. The SMILES string of the molecule is CCN1C=CC=CC(C2=CCCN(C(C)C)C2)C1. The van der Waals surface area contributed by atoms with E-state index in [0.29, 0.717) is 12.0 Å². The summed E-state index contributed by atoms with van der Waals surface area (Å²) in [4.78, 5) is 4.98. The third-order valence-electron chi connectivity index (χ3n) is 4.00. The average Bonchev–Trinajstić information content (AvgIpc) is 2.64. The maximum Gasteiger partial charge on any atom is 0.0273 e. The van der Waals surface area contributed by atoms with Crippen molar-refractivity contribution < 1.29 is 0 Å². The van der Waals surface area contributed by atoms with Crippen LogP contribution in [0.1, 0.15) is 27.2 Å². The Hall–Kier alpha value is -1.02. The summed E-state index contributed by atoms with van der Waals surface area (Å²) < 4.78 is 0. The topological polar surface area (TPSA) is 6.48 Å². The molecule has 0 saturated carbocycles. The Kier molecular flexibility index (Phi) is 4.65. The Balaban J connectivity index is 2.04. The van der Waals surface area contributed by atoms with Crippen molar-refractivity contribution in [2.24, 2.45) is 5.92 Å². The summed E-state index contributed by atoms with van der Waals surface area (Å²) in [7, 11) is 0. The summed E-state index contributed by atoms with van der Waals surface area (Å²) >= 11 is 0. The van der Waals surface area contributed by atoms with Gasteiger partial charge in [0, 0.05) is 38.1 Å². The Bertz CT molecular complexity index is 352. The van der Waals surface area contributed by atoms with E-state index in [1.54, 1.807) is 5.57 Å². The first-order valence-electron chi connectivity index (χ1n) is 7.22. The second-order valence-corrected chi connectivity index (χ2v) is 5.55. The number of hydrogen-bond donors (Lipinski definition) is 0. The molecule has 1 atom stereocenters. The molecule has 0 aromatic carbocycles. The zero-order chi connectivity index (χ0) is 13.0. The van der Waals surface area contributed by atoms with Crippen molar-refractivity contribution in [3.63, 3.8) is 0 Å². The fourth-order valence-electron chi connectivity index (χ4n) is 2.72. The summed E-state index contributed by atoms with van der Waals surface area (Å²) in [5, 5.41) is 0. The van der Waals surface area contributed by atoms with Crippen LogP contribution in [0.2, 0.25) is 0 Å². The average molecular weight is 246 g/mol. The maximum absolute atomic E-state index is 2.58. The van der Waals surface area contributed by atoms with Crippen molar-refractivity contribution in [1.29, 1.82) is 0 Å². The molecule has 0 N–H and O–H groups in total. The zero-order valence-corrected chi connectivity index (χ0v) is 12.0. The quantitative estimate of drug-likeness (QED) is 0.706. The molecule has 2 nitrogen and oxygen atoms in total. The van der Waals surface area contributed by atoms with E-state index < -0.39 is 0 Å². The van der Waals surface area contributed by atoms with Crippen LogP contribution < -0.4 is 0 Å². The van der Waals surface area contributed by atoms with E-state index in [4.69, 9.17) is 0 Å². The van der Waals surface area contributed by atoms with E-state index in [0.717, 1.165) is 19.6 Å². The van der Waals surface area contributed by atoms with Gasteiger partial charge in [-0.1, -0.05) is 23.8 Å². The second kappa shape index (κ2) is 6.24. The normalized spacial score (nSPS) is 25.4. The van der Waals surface area contributed by atoms with Gasteiger partial charge in [-0.05, 0) is 39.5 Å². The van der Waals surface area contributed by atoms with Gasteiger partial charge in [-0.2, -0.15) is 0 Å². The van der Waals surface area contributed by atoms with Crippen molar-refractivity contribution in [1.82, 2.24) is 9.80 Å². The minimum absolute atomic E-state index is 0.585. The summed E-state index contributed by atoms with van der Waals surface area (Å²) in [6, 6.07) is 0.656. The lowest BCUT2D eigenvalue weighted by molar-refractivity contribution is 0.226. The minimum atomic E-state index is 0.585. The van der Waals surface area contributed by atoms with Gasteiger partial charge in [0.2, 0.25) is 0 Å². The van der Waals surface area contributed by atoms with E-state index in [2.05, 4.69) is 61.1 Å². The molecule has 2 heterocycles. The molecule has 0 spiro atoms. The van der Waals surface area contributed by atoms with Crippen LogP contribution in [-0.2, 0) is 0 Å². The fourth-order valence-corrected chi connectivity index (χ4v) is 2.72. The monoisotopic (exact) mass is 246 g/mol. The van der Waals surface area contributed by atoms with E-state index >= 15 is 0 Å². The number of rotatable bonds is 3. The number of nitrogens with zero attached hydrogens (tertiary/aromatic N) is 2. The molecule has 18 heavy (non-hydrogen) atoms. The van der Waals surface area contributed by atoms with E-state index in [-0.39, 0.29) is 0 Å². The molecule has 1 unspecified atom stereocenters. The largest absolute Gasteiger partial charge is 0.377 e. The van der Waals surface area contributed by atoms with Crippen LogP contribution in [0.3, 0.4) is 0 Å². The molecule has 0 bridgehead atoms. The van der Waals surface area contributed by atoms with Crippen molar-refractivity contribution in [3.8, 4) is 0 Å². The second-order valence-electron chi connectivity index (χ2n) is 5.55. The Labute approximate surface area is 112 Å². The maximum atomic E-state index is 2.58. The highest BCUT2D eigenvalue weighted by molar-refractivity contribution is 5.22. The van der Waals surface area contributed by atoms with Crippen molar-refractivity contribution in [2.45, 2.75) is 33.2 Å². The van der Waals surface area contributed by atoms with Gasteiger partial charge in [0.25, 0.3) is 0 Å². The molecular formula is C16H26N2. The van der Waals surface area contributed by atoms with E-state index in [9.17, 15) is 0 Å². The molecule has 2 rings (SSSR count). The van der Waals surface area contributed by atoms with Gasteiger partial charge < -0.3 is 4.90 Å². The van der Waals surface area contributed by atoms with Crippen LogP contribution in [0.25, 0.3) is 0 Å². The lowest BCUT2D eigenvalue weighted by atomic mass is 9.93. The summed E-state index contributed by atoms with van der Waals surface area (Å²) in [5.74, 6) is 0.585. The molecule has 2 heteroatoms.